The van der Waals surface area contributed by atoms with Gasteiger partial charge in [0, 0.05) is 10.2 Å². The molecule has 0 atom stereocenters. The molecule has 0 bridgehead atoms. The van der Waals surface area contributed by atoms with Crippen molar-refractivity contribution in [3.63, 3.8) is 0 Å². The molecule has 0 heterocycles. The average Bonchev–Trinajstić information content (AvgIpc) is 1.81. The molecule has 0 aromatic heterocycles. The lowest BCUT2D eigenvalue weighted by atomic mass is 10.3. The minimum atomic E-state index is 0.136. The molecule has 0 N–H and O–H groups in total. The van der Waals surface area contributed by atoms with Gasteiger partial charge in [0.1, 0.15) is 11.1 Å². The number of allylic oxidation sites excluding steroid dienone is 1. The van der Waals surface area contributed by atoms with Gasteiger partial charge in [0.05, 0.1) is 0 Å². The Hall–Kier alpha value is -0.130. The fourth-order valence-electron chi connectivity index (χ4n) is 0.255. The van der Waals surface area contributed by atoms with E-state index < -0.39 is 0 Å². The van der Waals surface area contributed by atoms with Crippen LogP contribution in [0, 0.1) is 11.3 Å². The third kappa shape index (κ3) is 6.00. The van der Waals surface area contributed by atoms with Gasteiger partial charge in [-0.2, -0.15) is 5.26 Å². The molecule has 1 nitrogen and oxygen atoms in total. The third-order valence-electron chi connectivity index (χ3n) is 0.623. The smallest absolute Gasteiger partial charge is 0.124 e. The fourth-order valence-corrected chi connectivity index (χ4v) is 0.898. The monoisotopic (exact) mass is 175 g/mol. The van der Waals surface area contributed by atoms with Gasteiger partial charge in [-0.3, -0.25) is 0 Å². The Labute approximate surface area is 71.1 Å². The van der Waals surface area contributed by atoms with Gasteiger partial charge in [0.2, 0.25) is 0 Å². The predicted molar refractivity (Wildman–Crippen MR) is 46.9 cm³/mol. The zero-order valence-corrected chi connectivity index (χ0v) is 7.88. The van der Waals surface area contributed by atoms with Crippen molar-refractivity contribution < 1.29 is 0 Å². The van der Waals surface area contributed by atoms with Crippen LogP contribution in [0.5, 0.6) is 0 Å². The minimum Gasteiger partial charge on any atom is -0.191 e. The molecule has 0 fully saturated rings. The number of thioether (sulfide) groups is 1. The van der Waals surface area contributed by atoms with Gasteiger partial charge in [-0.15, -0.1) is 11.8 Å². The highest BCUT2D eigenvalue weighted by Crippen LogP contribution is 2.25. The van der Waals surface area contributed by atoms with Crippen LogP contribution in [-0.4, -0.2) is 4.75 Å². The summed E-state index contributed by atoms with van der Waals surface area (Å²) in [5.41, 5.74) is 0. The summed E-state index contributed by atoms with van der Waals surface area (Å²) >= 11 is 7.00. The van der Waals surface area contributed by atoms with Crippen LogP contribution in [-0.2, 0) is 0 Å². The molecule has 0 aromatic rings. The van der Waals surface area contributed by atoms with Crippen molar-refractivity contribution in [3.05, 3.63) is 10.4 Å². The van der Waals surface area contributed by atoms with Crippen LogP contribution >= 0.6 is 23.4 Å². The Balaban J connectivity index is 3.88. The Kier molecular flexibility index (Phi) is 3.85. The Morgan fingerprint density at radius 3 is 2.40 bits per heavy atom. The molecule has 0 saturated heterocycles. The highest BCUT2D eigenvalue weighted by Gasteiger charge is 2.08. The predicted octanol–water partition coefficient (Wildman–Crippen LogP) is 3.12. The van der Waals surface area contributed by atoms with E-state index in [4.69, 9.17) is 16.9 Å². The molecule has 0 unspecified atom stereocenters. The average molecular weight is 176 g/mol. The molecule has 0 amide bonds. The lowest BCUT2D eigenvalue weighted by Gasteiger charge is -2.13. The number of halogens is 1. The standard InChI is InChI=1S/C7H10ClNS/c1-7(2,3)10-5-6(8)4-9/h5H,1-3H3. The molecule has 0 radical (unpaired) electrons. The molecule has 0 spiro atoms. The SMILES string of the molecule is CC(C)(C)SC=C(Cl)C#N. The summed E-state index contributed by atoms with van der Waals surface area (Å²) in [5.74, 6) is 0. The number of rotatable bonds is 1. The number of nitrogens with zero attached hydrogens (tertiary/aromatic N) is 1. The van der Waals surface area contributed by atoms with E-state index in [0.717, 1.165) is 0 Å². The van der Waals surface area contributed by atoms with Crippen LogP contribution < -0.4 is 0 Å². The first kappa shape index (κ1) is 9.87. The first-order valence-electron chi connectivity index (χ1n) is 2.89. The maximum Gasteiger partial charge on any atom is 0.124 e. The van der Waals surface area contributed by atoms with Gasteiger partial charge in [-0.25, -0.2) is 0 Å². The quantitative estimate of drug-likeness (QED) is 0.572. The van der Waals surface area contributed by atoms with Gasteiger partial charge < -0.3 is 0 Å². The highest BCUT2D eigenvalue weighted by atomic mass is 35.5. The van der Waals surface area contributed by atoms with Crippen molar-refractivity contribution in [2.45, 2.75) is 25.5 Å². The molecule has 0 aromatic carbocycles. The first-order valence-corrected chi connectivity index (χ1v) is 4.15. The lowest BCUT2D eigenvalue weighted by molar-refractivity contribution is 0.807. The summed E-state index contributed by atoms with van der Waals surface area (Å²) in [5, 5.41) is 10.2. The topological polar surface area (TPSA) is 23.8 Å². The molecule has 0 aliphatic rings. The molecule has 0 saturated carbocycles. The van der Waals surface area contributed by atoms with E-state index in [1.54, 1.807) is 17.2 Å². The second kappa shape index (κ2) is 3.90. The number of nitriles is 1. The molecule has 10 heavy (non-hydrogen) atoms. The van der Waals surface area contributed by atoms with Crippen LogP contribution in [0.1, 0.15) is 20.8 Å². The zero-order chi connectivity index (χ0) is 8.20. The molecule has 0 aliphatic carbocycles. The van der Waals surface area contributed by atoms with Gasteiger partial charge in [-0.1, -0.05) is 32.4 Å². The Morgan fingerprint density at radius 2 is 2.10 bits per heavy atom. The lowest BCUT2D eigenvalue weighted by Crippen LogP contribution is -2.04. The maximum atomic E-state index is 8.27. The maximum absolute atomic E-state index is 8.27. The van der Waals surface area contributed by atoms with E-state index >= 15 is 0 Å². The van der Waals surface area contributed by atoms with E-state index in [-0.39, 0.29) is 9.78 Å². The normalized spacial score (nSPS) is 12.9. The Bertz CT molecular complexity index is 173. The molecule has 3 heteroatoms. The minimum absolute atomic E-state index is 0.136. The van der Waals surface area contributed by atoms with Crippen LogP contribution in [0.4, 0.5) is 0 Å². The number of hydrogen-bond donors (Lipinski definition) is 0. The summed E-state index contributed by atoms with van der Waals surface area (Å²) in [6, 6.07) is 1.84. The van der Waals surface area contributed by atoms with Gasteiger partial charge in [-0.05, 0) is 0 Å². The molecule has 0 rings (SSSR count). The van der Waals surface area contributed by atoms with Gasteiger partial charge in [0.15, 0.2) is 0 Å². The summed E-state index contributed by atoms with van der Waals surface area (Å²) in [4.78, 5) is 0. The van der Waals surface area contributed by atoms with Crippen molar-refractivity contribution in [1.82, 2.24) is 0 Å². The zero-order valence-electron chi connectivity index (χ0n) is 6.31. The number of hydrogen-bond acceptors (Lipinski definition) is 2. The summed E-state index contributed by atoms with van der Waals surface area (Å²) in [6.45, 7) is 6.20. The summed E-state index contributed by atoms with van der Waals surface area (Å²) in [7, 11) is 0. The van der Waals surface area contributed by atoms with E-state index in [0.29, 0.717) is 0 Å². The van der Waals surface area contributed by atoms with Crippen LogP contribution in [0.25, 0.3) is 0 Å². The fraction of sp³-hybridized carbons (Fsp3) is 0.571. The molecular formula is C7H10ClNS. The second-order valence-electron chi connectivity index (χ2n) is 2.81. The van der Waals surface area contributed by atoms with Crippen molar-refractivity contribution >= 4 is 23.4 Å². The molecule has 56 valence electrons. The summed E-state index contributed by atoms with van der Waals surface area (Å²) in [6.07, 6.45) is 0. The highest BCUT2D eigenvalue weighted by molar-refractivity contribution is 8.03. The molecule has 0 aliphatic heterocycles. The van der Waals surface area contributed by atoms with Crippen molar-refractivity contribution in [2.75, 3.05) is 0 Å². The summed E-state index contributed by atoms with van der Waals surface area (Å²) < 4.78 is 0.136. The van der Waals surface area contributed by atoms with Crippen molar-refractivity contribution in [2.24, 2.45) is 0 Å². The largest absolute Gasteiger partial charge is 0.191 e. The van der Waals surface area contributed by atoms with Gasteiger partial charge in [0.25, 0.3) is 0 Å². The third-order valence-corrected chi connectivity index (χ3v) is 2.01. The van der Waals surface area contributed by atoms with Crippen LogP contribution in [0.2, 0.25) is 0 Å². The Morgan fingerprint density at radius 1 is 1.60 bits per heavy atom. The van der Waals surface area contributed by atoms with E-state index in [1.807, 2.05) is 6.07 Å². The van der Waals surface area contributed by atoms with Crippen molar-refractivity contribution in [1.29, 1.82) is 5.26 Å². The molecular weight excluding hydrogens is 166 g/mol. The van der Waals surface area contributed by atoms with Crippen molar-refractivity contribution in [3.8, 4) is 6.07 Å². The second-order valence-corrected chi connectivity index (χ2v) is 4.91. The van der Waals surface area contributed by atoms with Gasteiger partial charge >= 0.3 is 0 Å². The van der Waals surface area contributed by atoms with Crippen LogP contribution in [0.3, 0.4) is 0 Å². The van der Waals surface area contributed by atoms with E-state index in [2.05, 4.69) is 20.8 Å². The van der Waals surface area contributed by atoms with Crippen LogP contribution in [0.15, 0.2) is 10.4 Å². The van der Waals surface area contributed by atoms with E-state index in [9.17, 15) is 0 Å². The van der Waals surface area contributed by atoms with E-state index in [1.165, 1.54) is 0 Å². The first-order chi connectivity index (χ1) is 4.45.